The maximum absolute atomic E-state index is 12.2. The average molecular weight is 400 g/mol. The van der Waals surface area contributed by atoms with Crippen molar-refractivity contribution in [1.29, 1.82) is 0 Å². The van der Waals surface area contributed by atoms with Gasteiger partial charge >= 0.3 is 0 Å². The lowest BCUT2D eigenvalue weighted by atomic mass is 10.1. The molecule has 0 aliphatic rings. The molecule has 104 valence electrons. The lowest BCUT2D eigenvalue weighted by Crippen LogP contribution is -2.14. The van der Waals surface area contributed by atoms with Gasteiger partial charge in [0, 0.05) is 34.6 Å². The molecule has 2 aromatic rings. The van der Waals surface area contributed by atoms with E-state index in [1.807, 2.05) is 18.2 Å². The summed E-state index contributed by atoms with van der Waals surface area (Å²) in [5.41, 5.74) is 2.16. The van der Waals surface area contributed by atoms with E-state index in [-0.39, 0.29) is 5.91 Å². The normalized spacial score (nSPS) is 10.3. The van der Waals surface area contributed by atoms with E-state index in [0.717, 1.165) is 15.7 Å². The molecule has 20 heavy (non-hydrogen) atoms. The van der Waals surface area contributed by atoms with Gasteiger partial charge in [0.05, 0.1) is 6.61 Å². The Bertz CT molecular complexity index is 632. The highest BCUT2D eigenvalue weighted by molar-refractivity contribution is 9.10. The number of ether oxygens (including phenoxy) is 1. The third kappa shape index (κ3) is 3.65. The monoisotopic (exact) mass is 398 g/mol. The summed E-state index contributed by atoms with van der Waals surface area (Å²) in [5.74, 6) is -0.191. The number of carbonyl (C=O) groups is 1. The molecule has 0 unspecified atom stereocenters. The summed E-state index contributed by atoms with van der Waals surface area (Å²) in [7, 11) is 1.62. The number of anilines is 1. The largest absolute Gasteiger partial charge is 0.380 e. The fraction of sp³-hybridized carbons (Fsp3) is 0.143. The molecule has 0 fully saturated rings. The molecule has 0 saturated carbocycles. The van der Waals surface area contributed by atoms with Crippen LogP contribution in [0.3, 0.4) is 0 Å². The lowest BCUT2D eigenvalue weighted by molar-refractivity contribution is 0.102. The van der Waals surface area contributed by atoms with Crippen molar-refractivity contribution in [2.75, 3.05) is 12.4 Å². The standard InChI is InChI=1S/C14H12Br2N2O2/c1-20-8-10-11(15)3-2-4-12(10)18-14(19)9-5-6-17-13(16)7-9/h2-7H,8H2,1H3,(H,18,19). The van der Waals surface area contributed by atoms with Crippen molar-refractivity contribution in [1.82, 2.24) is 4.98 Å². The summed E-state index contributed by atoms with van der Waals surface area (Å²) in [6.07, 6.45) is 1.58. The minimum Gasteiger partial charge on any atom is -0.380 e. The van der Waals surface area contributed by atoms with Crippen molar-refractivity contribution in [3.05, 3.63) is 56.7 Å². The number of methoxy groups -OCH3 is 1. The van der Waals surface area contributed by atoms with E-state index >= 15 is 0 Å². The van der Waals surface area contributed by atoms with Gasteiger partial charge in [-0.1, -0.05) is 22.0 Å². The maximum Gasteiger partial charge on any atom is 0.255 e. The molecule has 0 aliphatic carbocycles. The van der Waals surface area contributed by atoms with Crippen molar-refractivity contribution in [3.8, 4) is 0 Å². The Kier molecular flexibility index (Phi) is 5.28. The highest BCUT2D eigenvalue weighted by Crippen LogP contribution is 2.26. The van der Waals surface area contributed by atoms with Crippen LogP contribution in [0.15, 0.2) is 45.6 Å². The molecule has 1 aromatic carbocycles. The van der Waals surface area contributed by atoms with Gasteiger partial charge in [-0.05, 0) is 40.2 Å². The molecule has 6 heteroatoms. The van der Waals surface area contributed by atoms with Crippen LogP contribution in [0.2, 0.25) is 0 Å². The summed E-state index contributed by atoms with van der Waals surface area (Å²) in [6.45, 7) is 0.414. The van der Waals surface area contributed by atoms with Crippen LogP contribution in [-0.4, -0.2) is 18.0 Å². The molecule has 1 heterocycles. The number of nitrogens with zero attached hydrogens (tertiary/aromatic N) is 1. The van der Waals surface area contributed by atoms with Gasteiger partial charge in [-0.2, -0.15) is 0 Å². The first kappa shape index (κ1) is 15.2. The van der Waals surface area contributed by atoms with Gasteiger partial charge in [0.1, 0.15) is 4.60 Å². The molecule has 0 radical (unpaired) electrons. The van der Waals surface area contributed by atoms with E-state index in [4.69, 9.17) is 4.74 Å². The molecule has 0 saturated heterocycles. The van der Waals surface area contributed by atoms with Gasteiger partial charge in [-0.25, -0.2) is 4.98 Å². The molecule has 0 spiro atoms. The average Bonchev–Trinajstić information content (AvgIpc) is 2.42. The lowest BCUT2D eigenvalue weighted by Gasteiger charge is -2.12. The van der Waals surface area contributed by atoms with E-state index in [2.05, 4.69) is 42.2 Å². The number of carbonyl (C=O) groups excluding carboxylic acids is 1. The Labute approximate surface area is 133 Å². The first-order valence-electron chi connectivity index (χ1n) is 5.81. The van der Waals surface area contributed by atoms with Crippen LogP contribution in [-0.2, 0) is 11.3 Å². The summed E-state index contributed by atoms with van der Waals surface area (Å²) in [6, 6.07) is 8.94. The van der Waals surface area contributed by atoms with E-state index in [0.29, 0.717) is 16.8 Å². The van der Waals surface area contributed by atoms with E-state index in [9.17, 15) is 4.79 Å². The van der Waals surface area contributed by atoms with Crippen LogP contribution < -0.4 is 5.32 Å². The summed E-state index contributed by atoms with van der Waals surface area (Å²) in [4.78, 5) is 16.2. The number of rotatable bonds is 4. The second kappa shape index (κ2) is 6.97. The number of pyridine rings is 1. The van der Waals surface area contributed by atoms with Crippen LogP contribution in [0.25, 0.3) is 0 Å². The zero-order valence-corrected chi connectivity index (χ0v) is 13.9. The van der Waals surface area contributed by atoms with Crippen molar-refractivity contribution in [2.24, 2.45) is 0 Å². The minimum atomic E-state index is -0.191. The quantitative estimate of drug-likeness (QED) is 0.790. The van der Waals surface area contributed by atoms with Crippen molar-refractivity contribution < 1.29 is 9.53 Å². The van der Waals surface area contributed by atoms with Gasteiger partial charge in [0.25, 0.3) is 5.91 Å². The zero-order valence-electron chi connectivity index (χ0n) is 10.7. The summed E-state index contributed by atoms with van der Waals surface area (Å²) < 4.78 is 6.68. The molecule has 4 nitrogen and oxygen atoms in total. The molecule has 1 N–H and O–H groups in total. The number of nitrogens with one attached hydrogen (secondary N) is 1. The van der Waals surface area contributed by atoms with Gasteiger partial charge < -0.3 is 10.1 Å². The predicted octanol–water partition coefficient (Wildman–Crippen LogP) is 4.01. The Morgan fingerprint density at radius 2 is 2.15 bits per heavy atom. The molecule has 0 bridgehead atoms. The first-order valence-corrected chi connectivity index (χ1v) is 7.39. The van der Waals surface area contributed by atoms with Crippen molar-refractivity contribution >= 4 is 43.5 Å². The molecule has 0 atom stereocenters. The van der Waals surface area contributed by atoms with Gasteiger partial charge in [-0.15, -0.1) is 0 Å². The van der Waals surface area contributed by atoms with Gasteiger partial charge in [0.15, 0.2) is 0 Å². The molecule has 0 aliphatic heterocycles. The Morgan fingerprint density at radius 1 is 1.35 bits per heavy atom. The van der Waals surface area contributed by atoms with E-state index in [1.54, 1.807) is 25.4 Å². The van der Waals surface area contributed by atoms with Crippen LogP contribution in [0.1, 0.15) is 15.9 Å². The molecule has 1 amide bonds. The molecular formula is C14H12Br2N2O2. The van der Waals surface area contributed by atoms with Crippen molar-refractivity contribution in [3.63, 3.8) is 0 Å². The van der Waals surface area contributed by atoms with Crippen LogP contribution >= 0.6 is 31.9 Å². The maximum atomic E-state index is 12.2. The van der Waals surface area contributed by atoms with E-state index < -0.39 is 0 Å². The first-order chi connectivity index (χ1) is 9.61. The molecule has 1 aromatic heterocycles. The minimum absolute atomic E-state index is 0.191. The van der Waals surface area contributed by atoms with Crippen molar-refractivity contribution in [2.45, 2.75) is 6.61 Å². The SMILES string of the molecule is COCc1c(Br)cccc1NC(=O)c1ccnc(Br)c1. The number of hydrogen-bond donors (Lipinski definition) is 1. The molecule has 2 rings (SSSR count). The third-order valence-electron chi connectivity index (χ3n) is 2.64. The fourth-order valence-corrected chi connectivity index (χ4v) is 2.55. The van der Waals surface area contributed by atoms with Crippen LogP contribution in [0.5, 0.6) is 0 Å². The van der Waals surface area contributed by atoms with E-state index in [1.165, 1.54) is 0 Å². The summed E-state index contributed by atoms with van der Waals surface area (Å²) in [5, 5.41) is 2.88. The second-order valence-corrected chi connectivity index (χ2v) is 5.69. The number of amides is 1. The Morgan fingerprint density at radius 3 is 2.85 bits per heavy atom. The number of benzene rings is 1. The Balaban J connectivity index is 2.26. The Hall–Kier alpha value is -1.24. The van der Waals surface area contributed by atoms with Gasteiger partial charge in [0.2, 0.25) is 0 Å². The number of halogens is 2. The highest BCUT2D eigenvalue weighted by atomic mass is 79.9. The van der Waals surface area contributed by atoms with Crippen LogP contribution in [0, 0.1) is 0 Å². The number of aromatic nitrogens is 1. The number of hydrogen-bond acceptors (Lipinski definition) is 3. The molecular weight excluding hydrogens is 388 g/mol. The predicted molar refractivity (Wildman–Crippen MR) is 84.7 cm³/mol. The zero-order chi connectivity index (χ0) is 14.5. The van der Waals surface area contributed by atoms with Crippen LogP contribution in [0.4, 0.5) is 5.69 Å². The topological polar surface area (TPSA) is 51.2 Å². The second-order valence-electron chi connectivity index (χ2n) is 4.02. The highest BCUT2D eigenvalue weighted by Gasteiger charge is 2.11. The smallest absolute Gasteiger partial charge is 0.255 e. The fourth-order valence-electron chi connectivity index (χ4n) is 1.70. The summed E-state index contributed by atoms with van der Waals surface area (Å²) >= 11 is 6.71. The third-order valence-corrected chi connectivity index (χ3v) is 3.82. The van der Waals surface area contributed by atoms with Gasteiger partial charge in [-0.3, -0.25) is 4.79 Å².